The third-order valence-corrected chi connectivity index (χ3v) is 4.17. The number of hydrogen-bond acceptors (Lipinski definition) is 3. The van der Waals surface area contributed by atoms with E-state index in [4.69, 9.17) is 4.74 Å². The average molecular weight is 294 g/mol. The van der Waals surface area contributed by atoms with Crippen LogP contribution in [-0.2, 0) is 6.61 Å². The molecule has 1 heterocycles. The van der Waals surface area contributed by atoms with Crippen LogP contribution in [0.3, 0.4) is 0 Å². The lowest BCUT2D eigenvalue weighted by atomic mass is 10.2. The van der Waals surface area contributed by atoms with E-state index < -0.39 is 0 Å². The minimum Gasteiger partial charge on any atom is -0.489 e. The Hall–Kier alpha value is -2.39. The Morgan fingerprint density at radius 2 is 1.81 bits per heavy atom. The SMILES string of the molecule is O=Cc1ccc(-c2cccc(OCc3ccccc3)c2)s1. The van der Waals surface area contributed by atoms with E-state index in [1.807, 2.05) is 66.7 Å². The number of ether oxygens (including phenoxy) is 1. The van der Waals surface area contributed by atoms with Crippen LogP contribution in [0.25, 0.3) is 10.4 Å². The highest BCUT2D eigenvalue weighted by molar-refractivity contribution is 7.17. The Labute approximate surface area is 127 Å². The van der Waals surface area contributed by atoms with Crippen LogP contribution < -0.4 is 4.74 Å². The third kappa shape index (κ3) is 3.38. The second kappa shape index (κ2) is 6.37. The minimum absolute atomic E-state index is 0.550. The Kier molecular flexibility index (Phi) is 4.12. The summed E-state index contributed by atoms with van der Waals surface area (Å²) < 4.78 is 5.82. The van der Waals surface area contributed by atoms with E-state index in [0.717, 1.165) is 32.9 Å². The average Bonchev–Trinajstić information content (AvgIpc) is 3.03. The Morgan fingerprint density at radius 3 is 2.57 bits per heavy atom. The van der Waals surface area contributed by atoms with Gasteiger partial charge >= 0.3 is 0 Å². The summed E-state index contributed by atoms with van der Waals surface area (Å²) in [5.74, 6) is 0.831. The summed E-state index contributed by atoms with van der Waals surface area (Å²) in [6.07, 6.45) is 0.879. The lowest BCUT2D eigenvalue weighted by Gasteiger charge is -2.07. The first-order valence-corrected chi connectivity index (χ1v) is 7.49. The van der Waals surface area contributed by atoms with Gasteiger partial charge in [0.15, 0.2) is 6.29 Å². The number of benzene rings is 2. The molecule has 0 radical (unpaired) electrons. The lowest BCUT2D eigenvalue weighted by Crippen LogP contribution is -1.94. The Bertz CT molecular complexity index is 732. The summed E-state index contributed by atoms with van der Waals surface area (Å²) in [7, 11) is 0. The number of rotatable bonds is 5. The first kappa shape index (κ1) is 13.6. The van der Waals surface area contributed by atoms with Crippen molar-refractivity contribution in [1.82, 2.24) is 0 Å². The fraction of sp³-hybridized carbons (Fsp3) is 0.0556. The number of aldehydes is 1. The van der Waals surface area contributed by atoms with Gasteiger partial charge in [0, 0.05) is 4.88 Å². The molecule has 0 atom stereocenters. The zero-order valence-corrected chi connectivity index (χ0v) is 12.2. The Morgan fingerprint density at radius 1 is 0.952 bits per heavy atom. The summed E-state index contributed by atoms with van der Waals surface area (Å²) in [6, 6.07) is 21.8. The minimum atomic E-state index is 0.550. The molecule has 0 amide bonds. The van der Waals surface area contributed by atoms with Gasteiger partial charge in [0.2, 0.25) is 0 Å². The van der Waals surface area contributed by atoms with Gasteiger partial charge in [-0.05, 0) is 35.4 Å². The predicted molar refractivity (Wildman–Crippen MR) is 85.9 cm³/mol. The van der Waals surface area contributed by atoms with Gasteiger partial charge in [-0.25, -0.2) is 0 Å². The molecule has 0 aliphatic carbocycles. The molecular weight excluding hydrogens is 280 g/mol. The van der Waals surface area contributed by atoms with Gasteiger partial charge in [-0.2, -0.15) is 0 Å². The van der Waals surface area contributed by atoms with E-state index >= 15 is 0 Å². The largest absolute Gasteiger partial charge is 0.489 e. The van der Waals surface area contributed by atoms with Crippen LogP contribution in [0.2, 0.25) is 0 Å². The number of carbonyl (C=O) groups is 1. The molecular formula is C18H14O2S. The van der Waals surface area contributed by atoms with Crippen LogP contribution in [0, 0.1) is 0 Å². The maximum atomic E-state index is 10.8. The van der Waals surface area contributed by atoms with Gasteiger partial charge in [0.25, 0.3) is 0 Å². The van der Waals surface area contributed by atoms with Crippen LogP contribution in [0.15, 0.2) is 66.7 Å². The van der Waals surface area contributed by atoms with E-state index in [9.17, 15) is 4.79 Å². The van der Waals surface area contributed by atoms with Crippen LogP contribution in [0.5, 0.6) is 5.75 Å². The molecule has 3 heteroatoms. The standard InChI is InChI=1S/C18H14O2S/c19-12-17-9-10-18(21-17)15-7-4-8-16(11-15)20-13-14-5-2-1-3-6-14/h1-12H,13H2. The monoisotopic (exact) mass is 294 g/mol. The van der Waals surface area contributed by atoms with Gasteiger partial charge in [0.05, 0.1) is 4.88 Å². The van der Waals surface area contributed by atoms with Crippen molar-refractivity contribution in [3.05, 3.63) is 77.2 Å². The van der Waals surface area contributed by atoms with E-state index in [1.54, 1.807) is 0 Å². The molecule has 0 fully saturated rings. The second-order valence-corrected chi connectivity index (χ2v) is 5.74. The molecule has 0 N–H and O–H groups in total. The van der Waals surface area contributed by atoms with Crippen LogP contribution in [0.4, 0.5) is 0 Å². The van der Waals surface area contributed by atoms with E-state index in [0.29, 0.717) is 6.61 Å². The quantitative estimate of drug-likeness (QED) is 0.631. The van der Waals surface area contributed by atoms with Gasteiger partial charge in [-0.15, -0.1) is 11.3 Å². The van der Waals surface area contributed by atoms with Crippen molar-refractivity contribution in [2.75, 3.05) is 0 Å². The number of carbonyl (C=O) groups excluding carboxylic acids is 1. The maximum absolute atomic E-state index is 10.8. The zero-order valence-electron chi connectivity index (χ0n) is 11.4. The van der Waals surface area contributed by atoms with Crippen molar-refractivity contribution in [2.45, 2.75) is 6.61 Å². The molecule has 3 rings (SSSR count). The lowest BCUT2D eigenvalue weighted by molar-refractivity contribution is 0.112. The maximum Gasteiger partial charge on any atom is 0.160 e. The van der Waals surface area contributed by atoms with Crippen molar-refractivity contribution in [2.24, 2.45) is 0 Å². The smallest absolute Gasteiger partial charge is 0.160 e. The molecule has 3 aromatic rings. The van der Waals surface area contributed by atoms with Crippen molar-refractivity contribution in [3.63, 3.8) is 0 Å². The Balaban J connectivity index is 1.75. The molecule has 21 heavy (non-hydrogen) atoms. The normalized spacial score (nSPS) is 10.3. The molecule has 104 valence electrons. The summed E-state index contributed by atoms with van der Waals surface area (Å²) >= 11 is 1.49. The molecule has 2 aromatic carbocycles. The highest BCUT2D eigenvalue weighted by atomic mass is 32.1. The second-order valence-electron chi connectivity index (χ2n) is 4.62. The van der Waals surface area contributed by atoms with Crippen molar-refractivity contribution < 1.29 is 9.53 Å². The van der Waals surface area contributed by atoms with Gasteiger partial charge in [-0.1, -0.05) is 42.5 Å². The van der Waals surface area contributed by atoms with E-state index in [-0.39, 0.29) is 0 Å². The molecule has 0 bridgehead atoms. The van der Waals surface area contributed by atoms with E-state index in [1.165, 1.54) is 11.3 Å². The predicted octanol–water partition coefficient (Wildman–Crippen LogP) is 4.81. The molecule has 0 unspecified atom stereocenters. The van der Waals surface area contributed by atoms with E-state index in [2.05, 4.69) is 0 Å². The summed E-state index contributed by atoms with van der Waals surface area (Å²) in [5, 5.41) is 0. The van der Waals surface area contributed by atoms with Gasteiger partial charge in [-0.3, -0.25) is 4.79 Å². The number of thiophene rings is 1. The summed E-state index contributed by atoms with van der Waals surface area (Å²) in [5.41, 5.74) is 2.21. The summed E-state index contributed by atoms with van der Waals surface area (Å²) in [6.45, 7) is 0.550. The molecule has 0 spiro atoms. The van der Waals surface area contributed by atoms with Gasteiger partial charge in [0.1, 0.15) is 12.4 Å². The van der Waals surface area contributed by atoms with Crippen molar-refractivity contribution in [3.8, 4) is 16.2 Å². The first-order valence-electron chi connectivity index (χ1n) is 6.67. The molecule has 0 saturated heterocycles. The fourth-order valence-corrected chi connectivity index (χ4v) is 2.87. The van der Waals surface area contributed by atoms with Crippen molar-refractivity contribution >= 4 is 17.6 Å². The third-order valence-electron chi connectivity index (χ3n) is 3.11. The fourth-order valence-electron chi connectivity index (χ4n) is 2.05. The molecule has 0 aliphatic rings. The first-order chi connectivity index (χ1) is 10.3. The van der Waals surface area contributed by atoms with Crippen LogP contribution in [0.1, 0.15) is 15.2 Å². The highest BCUT2D eigenvalue weighted by Crippen LogP contribution is 2.29. The molecule has 2 nitrogen and oxygen atoms in total. The summed E-state index contributed by atoms with van der Waals surface area (Å²) in [4.78, 5) is 12.6. The van der Waals surface area contributed by atoms with Gasteiger partial charge < -0.3 is 4.74 Å². The highest BCUT2D eigenvalue weighted by Gasteiger charge is 2.04. The zero-order chi connectivity index (χ0) is 14.5. The van der Waals surface area contributed by atoms with Crippen molar-refractivity contribution in [1.29, 1.82) is 0 Å². The van der Waals surface area contributed by atoms with Crippen LogP contribution >= 0.6 is 11.3 Å². The van der Waals surface area contributed by atoms with Crippen LogP contribution in [-0.4, -0.2) is 6.29 Å². The molecule has 0 aliphatic heterocycles. The number of hydrogen-bond donors (Lipinski definition) is 0. The molecule has 0 saturated carbocycles. The molecule has 1 aromatic heterocycles. The topological polar surface area (TPSA) is 26.3 Å².